The van der Waals surface area contributed by atoms with E-state index in [9.17, 15) is 14.0 Å². The van der Waals surface area contributed by atoms with E-state index in [0.29, 0.717) is 17.0 Å². The van der Waals surface area contributed by atoms with Gasteiger partial charge in [-0.3, -0.25) is 4.79 Å². The zero-order valence-corrected chi connectivity index (χ0v) is 14.4. The number of nitrogens with zero attached hydrogens (tertiary/aromatic N) is 1. The second-order valence-corrected chi connectivity index (χ2v) is 5.90. The minimum absolute atomic E-state index is 0.0612. The van der Waals surface area contributed by atoms with Crippen LogP contribution >= 0.6 is 11.6 Å². The van der Waals surface area contributed by atoms with Gasteiger partial charge in [0.1, 0.15) is 5.82 Å². The number of pyridine rings is 1. The molecule has 0 unspecified atom stereocenters. The van der Waals surface area contributed by atoms with Crippen LogP contribution < -0.4 is 15.4 Å². The minimum Gasteiger partial charge on any atom is -0.481 e. The molecule has 0 spiro atoms. The van der Waals surface area contributed by atoms with Crippen molar-refractivity contribution in [1.82, 2.24) is 15.6 Å². The molecule has 1 fully saturated rings. The maximum Gasteiger partial charge on any atom is 0.408 e. The quantitative estimate of drug-likeness (QED) is 0.831. The van der Waals surface area contributed by atoms with Crippen LogP contribution in [0.4, 0.5) is 9.18 Å². The van der Waals surface area contributed by atoms with Crippen molar-refractivity contribution < 1.29 is 23.5 Å². The molecule has 9 heteroatoms. The normalized spacial score (nSPS) is 17.2. The molecule has 2 aromatic rings. The van der Waals surface area contributed by atoms with Crippen molar-refractivity contribution in [3.8, 4) is 5.88 Å². The number of amides is 2. The van der Waals surface area contributed by atoms with E-state index in [0.717, 1.165) is 0 Å². The summed E-state index contributed by atoms with van der Waals surface area (Å²) in [6.45, 7) is 0.0612. The minimum atomic E-state index is -0.969. The average Bonchev–Trinajstić information content (AvgIpc) is 3.08. The Labute approximate surface area is 153 Å². The van der Waals surface area contributed by atoms with E-state index < -0.39 is 30.0 Å². The number of hydrogen-bond acceptors (Lipinski definition) is 5. The summed E-state index contributed by atoms with van der Waals surface area (Å²) < 4.78 is 23.7. The van der Waals surface area contributed by atoms with Gasteiger partial charge in [0.25, 0.3) is 5.91 Å². The molecule has 7 nitrogen and oxygen atoms in total. The number of aromatic nitrogens is 1. The van der Waals surface area contributed by atoms with Gasteiger partial charge in [0, 0.05) is 11.8 Å². The third kappa shape index (κ3) is 3.70. The Morgan fingerprint density at radius 3 is 2.96 bits per heavy atom. The molecule has 1 aromatic heterocycles. The number of hydrogen-bond donors (Lipinski definition) is 2. The van der Waals surface area contributed by atoms with Crippen molar-refractivity contribution in [2.75, 3.05) is 13.7 Å². The molecular weight excluding hydrogens is 365 g/mol. The summed E-state index contributed by atoms with van der Waals surface area (Å²) in [4.78, 5) is 27.8. The van der Waals surface area contributed by atoms with Crippen LogP contribution in [0.3, 0.4) is 0 Å². The van der Waals surface area contributed by atoms with E-state index >= 15 is 0 Å². The molecule has 0 radical (unpaired) electrons. The maximum absolute atomic E-state index is 13.5. The molecule has 0 bridgehead atoms. The van der Waals surface area contributed by atoms with Crippen LogP contribution in [-0.2, 0) is 9.53 Å². The van der Waals surface area contributed by atoms with Crippen molar-refractivity contribution in [3.63, 3.8) is 0 Å². The van der Waals surface area contributed by atoms with Gasteiger partial charge in [-0.1, -0.05) is 17.7 Å². The smallest absolute Gasteiger partial charge is 0.408 e. The molecule has 1 aliphatic rings. The molecule has 3 rings (SSSR count). The molecule has 26 heavy (non-hydrogen) atoms. The number of cyclic esters (lactones) is 1. The van der Waals surface area contributed by atoms with Crippen molar-refractivity contribution in [2.24, 2.45) is 0 Å². The number of nitrogens with one attached hydrogen (secondary N) is 2. The highest BCUT2D eigenvalue weighted by Crippen LogP contribution is 2.30. The lowest BCUT2D eigenvalue weighted by Gasteiger charge is -2.22. The first-order valence-corrected chi connectivity index (χ1v) is 8.06. The van der Waals surface area contributed by atoms with E-state index in [1.165, 1.54) is 25.3 Å². The van der Waals surface area contributed by atoms with Gasteiger partial charge in [0.2, 0.25) is 5.88 Å². The van der Waals surface area contributed by atoms with Gasteiger partial charge in [-0.2, -0.15) is 0 Å². The summed E-state index contributed by atoms with van der Waals surface area (Å²) in [6, 6.07) is 6.77. The highest BCUT2D eigenvalue weighted by molar-refractivity contribution is 6.30. The van der Waals surface area contributed by atoms with Crippen LogP contribution in [0.2, 0.25) is 5.02 Å². The Morgan fingerprint density at radius 2 is 2.31 bits per heavy atom. The lowest BCUT2D eigenvalue weighted by atomic mass is 9.99. The fraction of sp³-hybridized carbons (Fsp3) is 0.235. The van der Waals surface area contributed by atoms with Gasteiger partial charge in [0.15, 0.2) is 6.10 Å². The number of ether oxygens (including phenoxy) is 2. The zero-order chi connectivity index (χ0) is 18.7. The highest BCUT2D eigenvalue weighted by Gasteiger charge is 2.32. The van der Waals surface area contributed by atoms with E-state index in [1.54, 1.807) is 18.3 Å². The summed E-state index contributed by atoms with van der Waals surface area (Å²) >= 11 is 5.89. The molecule has 1 saturated heterocycles. The first-order valence-electron chi connectivity index (χ1n) is 7.68. The lowest BCUT2D eigenvalue weighted by molar-refractivity contribution is -0.128. The summed E-state index contributed by atoms with van der Waals surface area (Å²) in [5, 5.41) is 5.10. The molecule has 136 valence electrons. The number of carbonyl (C=O) groups excluding carboxylic acids is 2. The van der Waals surface area contributed by atoms with Gasteiger partial charge in [-0.25, -0.2) is 14.2 Å². The van der Waals surface area contributed by atoms with Gasteiger partial charge < -0.3 is 20.1 Å². The fourth-order valence-corrected chi connectivity index (χ4v) is 2.79. The number of methoxy groups -OCH3 is 1. The largest absolute Gasteiger partial charge is 0.481 e. The summed E-state index contributed by atoms with van der Waals surface area (Å²) in [6.07, 6.45) is -0.0873. The van der Waals surface area contributed by atoms with Crippen LogP contribution in [-0.4, -0.2) is 36.7 Å². The SMILES string of the molecule is COc1ncccc1[C@@H](NC(=O)[C@@H]1CNC(=O)O1)c1ccc(F)c(Cl)c1. The Kier molecular flexibility index (Phi) is 5.22. The van der Waals surface area contributed by atoms with Crippen molar-refractivity contribution in [2.45, 2.75) is 12.1 Å². The maximum atomic E-state index is 13.5. The standard InChI is InChI=1S/C17H15ClFN3O4/c1-25-16-10(3-2-6-20-16)14(9-4-5-12(19)11(18)7-9)22-15(23)13-8-21-17(24)26-13/h2-7,13-14H,8H2,1H3,(H,21,24)(H,22,23)/t13-,14-/m0/s1. The topological polar surface area (TPSA) is 89.5 Å². The summed E-state index contributed by atoms with van der Waals surface area (Å²) in [5.41, 5.74) is 1.07. The predicted molar refractivity (Wildman–Crippen MR) is 90.5 cm³/mol. The number of alkyl carbamates (subject to hydrolysis) is 1. The molecule has 2 amide bonds. The lowest BCUT2D eigenvalue weighted by Crippen LogP contribution is -2.39. The molecule has 1 aliphatic heterocycles. The van der Waals surface area contributed by atoms with Gasteiger partial charge >= 0.3 is 6.09 Å². The summed E-state index contributed by atoms with van der Waals surface area (Å²) in [7, 11) is 1.45. The van der Waals surface area contributed by atoms with Crippen molar-refractivity contribution >= 4 is 23.6 Å². The van der Waals surface area contributed by atoms with E-state index in [1.807, 2.05) is 0 Å². The van der Waals surface area contributed by atoms with Gasteiger partial charge in [0.05, 0.1) is 24.7 Å². The zero-order valence-electron chi connectivity index (χ0n) is 13.7. The third-order valence-corrected chi connectivity index (χ3v) is 4.13. The Hall–Kier alpha value is -2.87. The monoisotopic (exact) mass is 379 g/mol. The molecule has 0 saturated carbocycles. The second-order valence-electron chi connectivity index (χ2n) is 5.49. The van der Waals surface area contributed by atoms with Crippen LogP contribution in [0.5, 0.6) is 5.88 Å². The number of rotatable bonds is 5. The highest BCUT2D eigenvalue weighted by atomic mass is 35.5. The van der Waals surface area contributed by atoms with E-state index in [4.69, 9.17) is 21.1 Å². The second kappa shape index (κ2) is 7.57. The molecule has 2 N–H and O–H groups in total. The van der Waals surface area contributed by atoms with Crippen LogP contribution in [0.15, 0.2) is 36.5 Å². The fourth-order valence-electron chi connectivity index (χ4n) is 2.60. The van der Waals surface area contributed by atoms with E-state index in [-0.39, 0.29) is 11.6 Å². The Balaban J connectivity index is 1.97. The Bertz CT molecular complexity index is 849. The molecule has 2 heterocycles. The van der Waals surface area contributed by atoms with Crippen LogP contribution in [0.1, 0.15) is 17.2 Å². The van der Waals surface area contributed by atoms with Crippen molar-refractivity contribution in [3.05, 3.63) is 58.5 Å². The van der Waals surface area contributed by atoms with Crippen LogP contribution in [0.25, 0.3) is 0 Å². The Morgan fingerprint density at radius 1 is 1.50 bits per heavy atom. The third-order valence-electron chi connectivity index (χ3n) is 3.84. The first kappa shape index (κ1) is 17.9. The number of carbonyl (C=O) groups is 2. The predicted octanol–water partition coefficient (Wildman–Crippen LogP) is 2.20. The van der Waals surface area contributed by atoms with Gasteiger partial charge in [-0.15, -0.1) is 0 Å². The van der Waals surface area contributed by atoms with Crippen LogP contribution in [0, 0.1) is 5.82 Å². The molecular formula is C17H15ClFN3O4. The van der Waals surface area contributed by atoms with Crippen molar-refractivity contribution in [1.29, 1.82) is 0 Å². The number of halogens is 2. The van der Waals surface area contributed by atoms with E-state index in [2.05, 4.69) is 15.6 Å². The first-order chi connectivity index (χ1) is 12.5. The molecule has 2 atom stereocenters. The molecule has 1 aromatic carbocycles. The number of benzene rings is 1. The average molecular weight is 380 g/mol. The summed E-state index contributed by atoms with van der Waals surface area (Å²) in [5.74, 6) is -0.799. The molecule has 0 aliphatic carbocycles. The van der Waals surface area contributed by atoms with Gasteiger partial charge in [-0.05, 0) is 29.8 Å².